The van der Waals surface area contributed by atoms with Crippen molar-refractivity contribution in [3.8, 4) is 11.5 Å². The summed E-state index contributed by atoms with van der Waals surface area (Å²) in [5.74, 6) is 0.584. The fourth-order valence-electron chi connectivity index (χ4n) is 2.53. The first-order chi connectivity index (χ1) is 13.0. The molecule has 0 unspecified atom stereocenters. The molecule has 0 fully saturated rings. The zero-order valence-corrected chi connectivity index (χ0v) is 15.9. The maximum atomic E-state index is 12.3. The molecular weight excluding hydrogens is 368 g/mol. The maximum Gasteiger partial charge on any atom is 0.337 e. The second-order valence-corrected chi connectivity index (χ2v) is 6.64. The van der Waals surface area contributed by atoms with Crippen LogP contribution in [0.4, 0.5) is 5.13 Å². The Morgan fingerprint density at radius 1 is 1.04 bits per heavy atom. The fraction of sp³-hybridized carbons (Fsp3) is 0.211. The Morgan fingerprint density at radius 2 is 1.70 bits per heavy atom. The van der Waals surface area contributed by atoms with Gasteiger partial charge in [-0.3, -0.25) is 4.79 Å². The van der Waals surface area contributed by atoms with Crippen LogP contribution in [0.2, 0.25) is 0 Å². The van der Waals surface area contributed by atoms with Crippen LogP contribution in [0, 0.1) is 0 Å². The van der Waals surface area contributed by atoms with Crippen LogP contribution in [0.1, 0.15) is 15.9 Å². The quantitative estimate of drug-likeness (QED) is 0.654. The van der Waals surface area contributed by atoms with Crippen molar-refractivity contribution in [2.45, 2.75) is 6.42 Å². The van der Waals surface area contributed by atoms with E-state index < -0.39 is 5.97 Å². The summed E-state index contributed by atoms with van der Waals surface area (Å²) in [5, 5.41) is 3.30. The molecule has 140 valence electrons. The zero-order valence-electron chi connectivity index (χ0n) is 15.1. The lowest BCUT2D eigenvalue weighted by atomic mass is 10.1. The minimum absolute atomic E-state index is 0.171. The highest BCUT2D eigenvalue weighted by Gasteiger charge is 2.13. The van der Waals surface area contributed by atoms with Gasteiger partial charge in [0.15, 0.2) is 16.6 Å². The number of carbonyl (C=O) groups excluding carboxylic acids is 2. The first-order valence-corrected chi connectivity index (χ1v) is 8.85. The summed E-state index contributed by atoms with van der Waals surface area (Å²) < 4.78 is 16.1. The van der Waals surface area contributed by atoms with Gasteiger partial charge in [-0.2, -0.15) is 0 Å². The van der Waals surface area contributed by atoms with Crippen LogP contribution in [0.15, 0.2) is 36.4 Å². The molecule has 0 aliphatic carbocycles. The molecule has 0 spiro atoms. The average Bonchev–Trinajstić information content (AvgIpc) is 3.07. The van der Waals surface area contributed by atoms with Gasteiger partial charge in [-0.1, -0.05) is 23.5 Å². The number of benzene rings is 2. The number of anilines is 1. The van der Waals surface area contributed by atoms with E-state index in [4.69, 9.17) is 9.47 Å². The van der Waals surface area contributed by atoms with Crippen LogP contribution >= 0.6 is 11.3 Å². The average molecular weight is 386 g/mol. The number of hydrogen-bond donors (Lipinski definition) is 1. The number of thiazole rings is 1. The second-order valence-electron chi connectivity index (χ2n) is 5.61. The van der Waals surface area contributed by atoms with Gasteiger partial charge in [-0.25, -0.2) is 9.78 Å². The van der Waals surface area contributed by atoms with Gasteiger partial charge in [0.05, 0.1) is 43.5 Å². The number of esters is 1. The Hall–Kier alpha value is -3.13. The van der Waals surface area contributed by atoms with Crippen molar-refractivity contribution >= 4 is 38.6 Å². The van der Waals surface area contributed by atoms with Crippen molar-refractivity contribution < 1.29 is 23.8 Å². The van der Waals surface area contributed by atoms with Gasteiger partial charge in [0, 0.05) is 12.1 Å². The molecule has 0 atom stereocenters. The van der Waals surface area contributed by atoms with Crippen LogP contribution in [0.3, 0.4) is 0 Å². The number of fused-ring (bicyclic) bond motifs is 1. The lowest BCUT2D eigenvalue weighted by Gasteiger charge is -2.05. The molecule has 0 radical (unpaired) electrons. The van der Waals surface area contributed by atoms with E-state index in [0.717, 1.165) is 15.8 Å². The Morgan fingerprint density at radius 3 is 2.33 bits per heavy atom. The molecule has 8 heteroatoms. The van der Waals surface area contributed by atoms with Gasteiger partial charge in [0.1, 0.15) is 0 Å². The number of aromatic nitrogens is 1. The van der Waals surface area contributed by atoms with E-state index in [0.29, 0.717) is 22.2 Å². The summed E-state index contributed by atoms with van der Waals surface area (Å²) in [6, 6.07) is 10.3. The van der Waals surface area contributed by atoms with E-state index in [-0.39, 0.29) is 12.3 Å². The molecule has 3 rings (SSSR count). The highest BCUT2D eigenvalue weighted by atomic mass is 32.1. The number of methoxy groups -OCH3 is 3. The first-order valence-electron chi connectivity index (χ1n) is 8.03. The van der Waals surface area contributed by atoms with Crippen molar-refractivity contribution in [3.05, 3.63) is 47.5 Å². The molecule has 1 aromatic heterocycles. The van der Waals surface area contributed by atoms with Crippen LogP contribution in [-0.4, -0.2) is 38.2 Å². The number of hydrogen-bond acceptors (Lipinski definition) is 7. The molecule has 1 heterocycles. The van der Waals surface area contributed by atoms with Gasteiger partial charge in [0.2, 0.25) is 5.91 Å². The van der Waals surface area contributed by atoms with Gasteiger partial charge in [-0.05, 0) is 17.7 Å². The molecule has 1 N–H and O–H groups in total. The van der Waals surface area contributed by atoms with Crippen molar-refractivity contribution in [1.29, 1.82) is 0 Å². The minimum atomic E-state index is -0.411. The van der Waals surface area contributed by atoms with Gasteiger partial charge in [0.25, 0.3) is 0 Å². The van der Waals surface area contributed by atoms with Crippen LogP contribution < -0.4 is 14.8 Å². The molecule has 0 aliphatic heterocycles. The van der Waals surface area contributed by atoms with Crippen molar-refractivity contribution in [1.82, 2.24) is 4.98 Å². The van der Waals surface area contributed by atoms with Gasteiger partial charge < -0.3 is 19.5 Å². The fourth-order valence-corrected chi connectivity index (χ4v) is 3.43. The summed E-state index contributed by atoms with van der Waals surface area (Å²) in [4.78, 5) is 28.1. The first kappa shape index (κ1) is 18.7. The highest BCUT2D eigenvalue weighted by Crippen LogP contribution is 2.36. The van der Waals surface area contributed by atoms with Crippen LogP contribution in [0.25, 0.3) is 10.2 Å². The zero-order chi connectivity index (χ0) is 19.4. The maximum absolute atomic E-state index is 12.3. The molecule has 3 aromatic rings. The van der Waals surface area contributed by atoms with Crippen molar-refractivity contribution in [2.24, 2.45) is 0 Å². The molecule has 0 saturated heterocycles. The molecule has 1 amide bonds. The molecular formula is C19H18N2O5S. The lowest BCUT2D eigenvalue weighted by Crippen LogP contribution is -2.14. The van der Waals surface area contributed by atoms with E-state index in [1.165, 1.54) is 18.4 Å². The molecule has 2 aromatic carbocycles. The van der Waals surface area contributed by atoms with Crippen LogP contribution in [-0.2, 0) is 16.0 Å². The van der Waals surface area contributed by atoms with E-state index >= 15 is 0 Å². The predicted molar refractivity (Wildman–Crippen MR) is 103 cm³/mol. The summed E-state index contributed by atoms with van der Waals surface area (Å²) in [5.41, 5.74) is 1.94. The number of ether oxygens (including phenoxy) is 3. The summed E-state index contributed by atoms with van der Waals surface area (Å²) in [6.45, 7) is 0. The van der Waals surface area contributed by atoms with Crippen molar-refractivity contribution in [3.63, 3.8) is 0 Å². The summed E-state index contributed by atoms with van der Waals surface area (Å²) >= 11 is 1.35. The van der Waals surface area contributed by atoms with E-state index in [2.05, 4.69) is 15.0 Å². The van der Waals surface area contributed by atoms with E-state index in [9.17, 15) is 9.59 Å². The monoisotopic (exact) mass is 386 g/mol. The van der Waals surface area contributed by atoms with E-state index in [1.807, 2.05) is 6.07 Å². The molecule has 0 saturated carbocycles. The third-order valence-electron chi connectivity index (χ3n) is 3.88. The number of rotatable bonds is 6. The minimum Gasteiger partial charge on any atom is -0.493 e. The molecule has 7 nitrogen and oxygen atoms in total. The van der Waals surface area contributed by atoms with Crippen molar-refractivity contribution in [2.75, 3.05) is 26.6 Å². The van der Waals surface area contributed by atoms with E-state index in [1.54, 1.807) is 44.6 Å². The third-order valence-corrected chi connectivity index (χ3v) is 4.81. The van der Waals surface area contributed by atoms with Crippen LogP contribution in [0.5, 0.6) is 11.5 Å². The molecule has 27 heavy (non-hydrogen) atoms. The molecule has 0 aliphatic rings. The number of carbonyl (C=O) groups is 2. The standard InChI is InChI=1S/C19H18N2O5S/c1-24-14-9-13-16(10-15(14)25-2)27-19(20-13)21-17(22)8-11-4-6-12(7-5-11)18(23)26-3/h4-7,9-10H,8H2,1-3H3,(H,20,21,22). The number of nitrogens with zero attached hydrogens (tertiary/aromatic N) is 1. The van der Waals surface area contributed by atoms with Gasteiger partial charge in [-0.15, -0.1) is 0 Å². The normalized spacial score (nSPS) is 10.5. The third kappa shape index (κ3) is 4.17. The Kier molecular flexibility index (Phi) is 5.56. The SMILES string of the molecule is COC(=O)c1ccc(CC(=O)Nc2nc3cc(OC)c(OC)cc3s2)cc1. The van der Waals surface area contributed by atoms with Gasteiger partial charge >= 0.3 is 5.97 Å². The summed E-state index contributed by atoms with van der Waals surface area (Å²) in [6.07, 6.45) is 0.171. The second kappa shape index (κ2) is 8.05. The highest BCUT2D eigenvalue weighted by molar-refractivity contribution is 7.22. The Balaban J connectivity index is 1.71. The molecule has 0 bridgehead atoms. The largest absolute Gasteiger partial charge is 0.493 e. The Bertz CT molecular complexity index is 941. The number of amides is 1. The smallest absolute Gasteiger partial charge is 0.337 e. The number of nitrogens with one attached hydrogen (secondary N) is 1. The Labute approximate surface area is 159 Å². The predicted octanol–water partition coefficient (Wildman–Crippen LogP) is 3.28. The summed E-state index contributed by atoms with van der Waals surface area (Å²) in [7, 11) is 4.45. The lowest BCUT2D eigenvalue weighted by molar-refractivity contribution is -0.115. The topological polar surface area (TPSA) is 86.8 Å².